The molecule has 0 unspecified atom stereocenters. The Bertz CT molecular complexity index is 612. The van der Waals surface area contributed by atoms with Crippen LogP contribution in [-0.2, 0) is 11.2 Å². The Morgan fingerprint density at radius 3 is 2.21 bits per heavy atom. The van der Waals surface area contributed by atoms with E-state index in [9.17, 15) is 9.59 Å². The van der Waals surface area contributed by atoms with E-state index in [1.807, 2.05) is 39.5 Å². The summed E-state index contributed by atoms with van der Waals surface area (Å²) in [6.45, 7) is 12.3. The molecule has 5 nitrogen and oxygen atoms in total. The highest BCUT2D eigenvalue weighted by Crippen LogP contribution is 2.14. The van der Waals surface area contributed by atoms with Gasteiger partial charge >= 0.3 is 6.03 Å². The molecule has 1 aromatic rings. The van der Waals surface area contributed by atoms with Crippen molar-refractivity contribution in [1.29, 1.82) is 0 Å². The van der Waals surface area contributed by atoms with Gasteiger partial charge in [0.1, 0.15) is 0 Å². The van der Waals surface area contributed by atoms with Crippen molar-refractivity contribution in [2.24, 2.45) is 0 Å². The van der Waals surface area contributed by atoms with E-state index in [4.69, 9.17) is 0 Å². The number of urea groups is 1. The van der Waals surface area contributed by atoms with Crippen LogP contribution >= 0.6 is 0 Å². The first-order valence-electron chi connectivity index (χ1n) is 8.57. The van der Waals surface area contributed by atoms with Crippen LogP contribution in [0.1, 0.15) is 37.5 Å². The fraction of sp³-hybridized carbons (Fsp3) is 0.579. The smallest absolute Gasteiger partial charge is 0.317 e. The van der Waals surface area contributed by atoms with Crippen LogP contribution in [0.2, 0.25) is 0 Å². The number of hydrogen-bond acceptors (Lipinski definition) is 2. The second-order valence-corrected chi connectivity index (χ2v) is 7.65. The van der Waals surface area contributed by atoms with Crippen LogP contribution in [0.3, 0.4) is 0 Å². The minimum Gasteiger partial charge on any atom is -0.339 e. The van der Waals surface area contributed by atoms with Gasteiger partial charge in [-0.25, -0.2) is 4.79 Å². The highest BCUT2D eigenvalue weighted by molar-refractivity contribution is 5.80. The Morgan fingerprint density at radius 2 is 1.62 bits per heavy atom. The molecule has 1 aliphatic rings. The topological polar surface area (TPSA) is 52.7 Å². The third-order valence-electron chi connectivity index (χ3n) is 4.25. The van der Waals surface area contributed by atoms with Gasteiger partial charge in [-0.2, -0.15) is 0 Å². The van der Waals surface area contributed by atoms with Gasteiger partial charge in [-0.1, -0.05) is 23.8 Å². The number of rotatable bonds is 2. The summed E-state index contributed by atoms with van der Waals surface area (Å²) in [6.07, 6.45) is 0.432. The lowest BCUT2D eigenvalue weighted by molar-refractivity contribution is -0.131. The molecule has 0 aromatic heterocycles. The van der Waals surface area contributed by atoms with Crippen LogP contribution in [-0.4, -0.2) is 53.5 Å². The number of aryl methyl sites for hydroxylation is 2. The third-order valence-corrected chi connectivity index (χ3v) is 4.25. The van der Waals surface area contributed by atoms with Gasteiger partial charge in [0.15, 0.2) is 0 Å². The van der Waals surface area contributed by atoms with Gasteiger partial charge < -0.3 is 15.1 Å². The number of benzene rings is 1. The van der Waals surface area contributed by atoms with Crippen molar-refractivity contribution < 1.29 is 9.59 Å². The van der Waals surface area contributed by atoms with Crippen molar-refractivity contribution in [3.8, 4) is 0 Å². The molecule has 0 spiro atoms. The maximum Gasteiger partial charge on any atom is 0.317 e. The van der Waals surface area contributed by atoms with E-state index in [2.05, 4.69) is 23.5 Å². The van der Waals surface area contributed by atoms with E-state index >= 15 is 0 Å². The van der Waals surface area contributed by atoms with E-state index in [1.165, 1.54) is 5.56 Å². The summed E-state index contributed by atoms with van der Waals surface area (Å²) in [4.78, 5) is 28.4. The van der Waals surface area contributed by atoms with Gasteiger partial charge in [0.25, 0.3) is 0 Å². The number of nitrogens with zero attached hydrogens (tertiary/aromatic N) is 2. The first-order valence-corrected chi connectivity index (χ1v) is 8.57. The highest BCUT2D eigenvalue weighted by atomic mass is 16.2. The first-order chi connectivity index (χ1) is 11.2. The predicted molar refractivity (Wildman–Crippen MR) is 96.1 cm³/mol. The Kier molecular flexibility index (Phi) is 5.52. The molecule has 0 radical (unpaired) electrons. The quantitative estimate of drug-likeness (QED) is 0.905. The van der Waals surface area contributed by atoms with Crippen LogP contribution in [0.25, 0.3) is 0 Å². The zero-order chi connectivity index (χ0) is 17.9. The zero-order valence-corrected chi connectivity index (χ0v) is 15.5. The number of carbonyl (C=O) groups excluding carboxylic acids is 2. The number of carbonyl (C=O) groups is 2. The molecule has 3 amide bonds. The molecular formula is C19H29N3O2. The van der Waals surface area contributed by atoms with E-state index in [0.717, 1.165) is 11.1 Å². The molecule has 24 heavy (non-hydrogen) atoms. The minimum atomic E-state index is -0.243. The summed E-state index contributed by atoms with van der Waals surface area (Å²) in [5.41, 5.74) is 3.17. The molecule has 0 atom stereocenters. The molecule has 1 aliphatic heterocycles. The van der Waals surface area contributed by atoms with Crippen LogP contribution < -0.4 is 5.32 Å². The summed E-state index contributed by atoms with van der Waals surface area (Å²) in [5.74, 6) is 0.138. The standard InChI is InChI=1S/C19H29N3O2/c1-14-6-7-15(2)16(12-14)13-17(23)21-8-10-22(11-9-21)18(24)20-19(3,4)5/h6-7,12H,8-11,13H2,1-5H3,(H,20,24). The molecule has 0 bridgehead atoms. The average Bonchev–Trinajstić information content (AvgIpc) is 2.49. The zero-order valence-electron chi connectivity index (χ0n) is 15.5. The van der Waals surface area contributed by atoms with Gasteiger partial charge in [-0.3, -0.25) is 4.79 Å². The molecule has 1 N–H and O–H groups in total. The number of amides is 3. The summed E-state index contributed by atoms with van der Waals surface area (Å²) in [6, 6.07) is 6.16. The monoisotopic (exact) mass is 331 g/mol. The third kappa shape index (κ3) is 4.98. The van der Waals surface area contributed by atoms with E-state index < -0.39 is 0 Å². The van der Waals surface area contributed by atoms with Crippen LogP contribution in [0.5, 0.6) is 0 Å². The number of piperazine rings is 1. The lowest BCUT2D eigenvalue weighted by Gasteiger charge is -2.36. The summed E-state index contributed by atoms with van der Waals surface area (Å²) in [7, 11) is 0. The molecule has 2 rings (SSSR count). The summed E-state index contributed by atoms with van der Waals surface area (Å²) in [5, 5.41) is 2.97. The number of hydrogen-bond donors (Lipinski definition) is 1. The maximum absolute atomic E-state index is 12.5. The molecule has 0 aliphatic carbocycles. The van der Waals surface area contributed by atoms with Crippen molar-refractivity contribution in [2.45, 2.75) is 46.6 Å². The van der Waals surface area contributed by atoms with E-state index in [-0.39, 0.29) is 17.5 Å². The van der Waals surface area contributed by atoms with Gasteiger partial charge in [-0.15, -0.1) is 0 Å². The van der Waals surface area contributed by atoms with Crippen molar-refractivity contribution in [2.75, 3.05) is 26.2 Å². The molecule has 1 saturated heterocycles. The SMILES string of the molecule is Cc1ccc(C)c(CC(=O)N2CCN(C(=O)NC(C)(C)C)CC2)c1. The molecule has 132 valence electrons. The molecule has 1 fully saturated rings. The fourth-order valence-electron chi connectivity index (χ4n) is 2.82. The average molecular weight is 331 g/mol. The van der Waals surface area contributed by atoms with Crippen molar-refractivity contribution in [3.63, 3.8) is 0 Å². The second kappa shape index (κ2) is 7.24. The van der Waals surface area contributed by atoms with Crippen molar-refractivity contribution in [1.82, 2.24) is 15.1 Å². The number of nitrogens with one attached hydrogen (secondary N) is 1. The lowest BCUT2D eigenvalue weighted by Crippen LogP contribution is -2.56. The Balaban J connectivity index is 1.89. The summed E-state index contributed by atoms with van der Waals surface area (Å²) < 4.78 is 0. The Labute approximate surface area is 145 Å². The van der Waals surface area contributed by atoms with Crippen LogP contribution in [0.4, 0.5) is 4.79 Å². The van der Waals surface area contributed by atoms with Crippen LogP contribution in [0.15, 0.2) is 18.2 Å². The normalized spacial score (nSPS) is 15.4. The summed E-state index contributed by atoms with van der Waals surface area (Å²) >= 11 is 0. The Hall–Kier alpha value is -2.04. The maximum atomic E-state index is 12.5. The molecule has 5 heteroatoms. The van der Waals surface area contributed by atoms with Gasteiger partial charge in [0.05, 0.1) is 6.42 Å². The van der Waals surface area contributed by atoms with E-state index in [0.29, 0.717) is 32.6 Å². The largest absolute Gasteiger partial charge is 0.339 e. The fourth-order valence-corrected chi connectivity index (χ4v) is 2.82. The molecule has 0 saturated carbocycles. The van der Waals surface area contributed by atoms with Gasteiger partial charge in [-0.05, 0) is 45.7 Å². The van der Waals surface area contributed by atoms with Crippen molar-refractivity contribution >= 4 is 11.9 Å². The van der Waals surface area contributed by atoms with Crippen molar-refractivity contribution in [3.05, 3.63) is 34.9 Å². The lowest BCUT2D eigenvalue weighted by atomic mass is 10.0. The predicted octanol–water partition coefficient (Wildman–Crippen LogP) is 2.50. The highest BCUT2D eigenvalue weighted by Gasteiger charge is 2.26. The van der Waals surface area contributed by atoms with Crippen LogP contribution in [0, 0.1) is 13.8 Å². The molecule has 1 aromatic carbocycles. The van der Waals surface area contributed by atoms with Gasteiger partial charge in [0.2, 0.25) is 5.91 Å². The minimum absolute atomic E-state index is 0.0517. The Morgan fingerprint density at radius 1 is 1.04 bits per heavy atom. The first kappa shape index (κ1) is 18.3. The van der Waals surface area contributed by atoms with E-state index in [1.54, 1.807) is 4.90 Å². The second-order valence-electron chi connectivity index (χ2n) is 7.65. The molecular weight excluding hydrogens is 302 g/mol. The molecule has 1 heterocycles. The van der Waals surface area contributed by atoms with Gasteiger partial charge in [0, 0.05) is 31.7 Å².